The van der Waals surface area contributed by atoms with Crippen LogP contribution in [0.15, 0.2) is 24.4 Å². The Balaban J connectivity index is 0.00000180. The summed E-state index contributed by atoms with van der Waals surface area (Å²) in [7, 11) is 0. The number of aromatic nitrogens is 1. The molecule has 0 spiro atoms. The molecule has 0 aromatic carbocycles. The Morgan fingerprint density at radius 1 is 1.45 bits per heavy atom. The van der Waals surface area contributed by atoms with Crippen LogP contribution in [0.5, 0.6) is 0 Å². The molecular weight excluding hydrogens is 299 g/mol. The first kappa shape index (κ1) is 19.2. The van der Waals surface area contributed by atoms with E-state index in [0.29, 0.717) is 19.6 Å². The molecule has 4 nitrogen and oxygen atoms in total. The third kappa shape index (κ3) is 4.62. The van der Waals surface area contributed by atoms with Crippen LogP contribution < -0.4 is 5.32 Å². The van der Waals surface area contributed by atoms with Gasteiger partial charge in [-0.15, -0.1) is 24.8 Å². The first-order valence-corrected chi connectivity index (χ1v) is 6.55. The summed E-state index contributed by atoms with van der Waals surface area (Å²) in [6.45, 7) is 3.94. The number of pyridine rings is 1. The van der Waals surface area contributed by atoms with E-state index in [2.05, 4.69) is 10.3 Å². The van der Waals surface area contributed by atoms with Gasteiger partial charge < -0.3 is 10.1 Å². The number of hydrogen-bond donors (Lipinski definition) is 1. The van der Waals surface area contributed by atoms with E-state index in [0.717, 1.165) is 25.1 Å². The predicted octanol–water partition coefficient (Wildman–Crippen LogP) is 2.40. The van der Waals surface area contributed by atoms with Gasteiger partial charge in [0, 0.05) is 24.9 Å². The molecule has 6 heteroatoms. The van der Waals surface area contributed by atoms with Gasteiger partial charge in [0.25, 0.3) is 0 Å². The smallest absolute Gasteiger partial charge is 0.313 e. The van der Waals surface area contributed by atoms with Gasteiger partial charge >= 0.3 is 5.97 Å². The Bertz CT molecular complexity index is 395. The summed E-state index contributed by atoms with van der Waals surface area (Å²) < 4.78 is 5.25. The van der Waals surface area contributed by atoms with E-state index in [1.165, 1.54) is 0 Å². The number of halogens is 2. The molecule has 1 aliphatic rings. The molecule has 1 fully saturated rings. The minimum Gasteiger partial charge on any atom is -0.466 e. The maximum atomic E-state index is 12.2. The van der Waals surface area contributed by atoms with Crippen molar-refractivity contribution in [2.75, 3.05) is 19.7 Å². The Morgan fingerprint density at radius 3 is 2.80 bits per heavy atom. The van der Waals surface area contributed by atoms with Gasteiger partial charge in [-0.3, -0.25) is 9.78 Å². The van der Waals surface area contributed by atoms with Crippen molar-refractivity contribution in [2.45, 2.75) is 26.2 Å². The molecule has 20 heavy (non-hydrogen) atoms. The number of carbonyl (C=O) groups excluding carboxylic acids is 1. The molecule has 0 bridgehead atoms. The molecule has 0 radical (unpaired) electrons. The molecule has 0 amide bonds. The SMILES string of the molecule is CCOC(=O)C1(Cc2ccccn2)CCCNC1.Cl.Cl. The molecule has 1 aliphatic heterocycles. The highest BCUT2D eigenvalue weighted by Gasteiger charge is 2.41. The van der Waals surface area contributed by atoms with Gasteiger partial charge in [-0.1, -0.05) is 6.07 Å². The van der Waals surface area contributed by atoms with Crippen molar-refractivity contribution in [3.63, 3.8) is 0 Å². The Morgan fingerprint density at radius 2 is 2.25 bits per heavy atom. The van der Waals surface area contributed by atoms with Crippen molar-refractivity contribution < 1.29 is 9.53 Å². The van der Waals surface area contributed by atoms with Crippen molar-refractivity contribution in [3.05, 3.63) is 30.1 Å². The lowest BCUT2D eigenvalue weighted by molar-refractivity contribution is -0.156. The zero-order chi connectivity index (χ0) is 12.8. The number of piperidine rings is 1. The molecule has 2 heterocycles. The highest BCUT2D eigenvalue weighted by Crippen LogP contribution is 2.31. The van der Waals surface area contributed by atoms with Crippen molar-refractivity contribution in [1.82, 2.24) is 10.3 Å². The second-order valence-electron chi connectivity index (χ2n) is 4.78. The van der Waals surface area contributed by atoms with Gasteiger partial charge in [0.15, 0.2) is 0 Å². The standard InChI is InChI=1S/C14H20N2O2.2ClH/c1-2-18-13(17)14(7-5-8-15-11-14)10-12-6-3-4-9-16-12;;/h3-4,6,9,15H,2,5,7-8,10-11H2,1H3;2*1H. The summed E-state index contributed by atoms with van der Waals surface area (Å²) in [6.07, 6.45) is 4.30. The lowest BCUT2D eigenvalue weighted by Crippen LogP contribution is -2.48. The van der Waals surface area contributed by atoms with Crippen molar-refractivity contribution in [2.24, 2.45) is 5.41 Å². The number of carbonyl (C=O) groups is 1. The van der Waals surface area contributed by atoms with Gasteiger partial charge in [0.1, 0.15) is 0 Å². The van der Waals surface area contributed by atoms with Crippen LogP contribution in [0.2, 0.25) is 0 Å². The van der Waals surface area contributed by atoms with E-state index in [1.54, 1.807) is 6.20 Å². The molecule has 1 saturated heterocycles. The second kappa shape index (κ2) is 9.16. The van der Waals surface area contributed by atoms with Crippen LogP contribution in [0, 0.1) is 5.41 Å². The highest BCUT2D eigenvalue weighted by molar-refractivity contribution is 5.85. The zero-order valence-corrected chi connectivity index (χ0v) is 13.3. The fraction of sp³-hybridized carbons (Fsp3) is 0.571. The predicted molar refractivity (Wildman–Crippen MR) is 83.6 cm³/mol. The van der Waals surface area contributed by atoms with E-state index < -0.39 is 5.41 Å². The molecule has 0 aliphatic carbocycles. The van der Waals surface area contributed by atoms with Crippen LogP contribution in [0.25, 0.3) is 0 Å². The summed E-state index contributed by atoms with van der Waals surface area (Å²) in [5.41, 5.74) is 0.511. The highest BCUT2D eigenvalue weighted by atomic mass is 35.5. The van der Waals surface area contributed by atoms with Crippen LogP contribution in [-0.4, -0.2) is 30.6 Å². The number of ether oxygens (including phenoxy) is 1. The minimum absolute atomic E-state index is 0. The molecule has 1 atom stereocenters. The van der Waals surface area contributed by atoms with Crippen LogP contribution in [0.4, 0.5) is 0 Å². The Labute approximate surface area is 132 Å². The monoisotopic (exact) mass is 320 g/mol. The third-order valence-corrected chi connectivity index (χ3v) is 3.43. The molecule has 1 aromatic heterocycles. The molecule has 114 valence electrons. The first-order chi connectivity index (χ1) is 8.77. The van der Waals surface area contributed by atoms with Crippen LogP contribution in [0.3, 0.4) is 0 Å². The van der Waals surface area contributed by atoms with Gasteiger partial charge in [-0.25, -0.2) is 0 Å². The number of rotatable bonds is 4. The molecule has 1 N–H and O–H groups in total. The third-order valence-electron chi connectivity index (χ3n) is 3.43. The van der Waals surface area contributed by atoms with E-state index >= 15 is 0 Å². The number of esters is 1. The van der Waals surface area contributed by atoms with Gasteiger partial charge in [0.05, 0.1) is 12.0 Å². The summed E-state index contributed by atoms with van der Waals surface area (Å²) in [4.78, 5) is 16.6. The molecule has 1 unspecified atom stereocenters. The Kier molecular flexibility index (Phi) is 8.78. The summed E-state index contributed by atoms with van der Waals surface area (Å²) in [5, 5.41) is 3.31. The average Bonchev–Trinajstić information content (AvgIpc) is 2.41. The van der Waals surface area contributed by atoms with Crippen molar-refractivity contribution >= 4 is 30.8 Å². The average molecular weight is 321 g/mol. The lowest BCUT2D eigenvalue weighted by Gasteiger charge is -2.35. The van der Waals surface area contributed by atoms with E-state index in [4.69, 9.17) is 4.74 Å². The van der Waals surface area contributed by atoms with E-state index in [-0.39, 0.29) is 30.8 Å². The molecular formula is C14H22Cl2N2O2. The maximum Gasteiger partial charge on any atom is 0.313 e. The quantitative estimate of drug-likeness (QED) is 0.865. The van der Waals surface area contributed by atoms with Crippen LogP contribution >= 0.6 is 24.8 Å². The van der Waals surface area contributed by atoms with Crippen LogP contribution in [-0.2, 0) is 16.0 Å². The topological polar surface area (TPSA) is 51.2 Å². The summed E-state index contributed by atoms with van der Waals surface area (Å²) in [5.74, 6) is -0.0946. The number of hydrogen-bond acceptors (Lipinski definition) is 4. The lowest BCUT2D eigenvalue weighted by atomic mass is 9.76. The fourth-order valence-electron chi connectivity index (χ4n) is 2.50. The van der Waals surface area contributed by atoms with Gasteiger partial charge in [-0.05, 0) is 38.4 Å². The summed E-state index contributed by atoms with van der Waals surface area (Å²) >= 11 is 0. The maximum absolute atomic E-state index is 12.2. The van der Waals surface area contributed by atoms with Gasteiger partial charge in [0.2, 0.25) is 0 Å². The van der Waals surface area contributed by atoms with Crippen molar-refractivity contribution in [1.29, 1.82) is 0 Å². The molecule has 0 saturated carbocycles. The van der Waals surface area contributed by atoms with Crippen LogP contribution in [0.1, 0.15) is 25.5 Å². The molecule has 2 rings (SSSR count). The zero-order valence-electron chi connectivity index (χ0n) is 11.6. The largest absolute Gasteiger partial charge is 0.466 e. The first-order valence-electron chi connectivity index (χ1n) is 6.55. The minimum atomic E-state index is -0.442. The van der Waals surface area contributed by atoms with E-state index in [9.17, 15) is 4.79 Å². The normalized spacial score (nSPS) is 21.2. The molecule has 1 aromatic rings. The van der Waals surface area contributed by atoms with Crippen molar-refractivity contribution in [3.8, 4) is 0 Å². The van der Waals surface area contributed by atoms with Gasteiger partial charge in [-0.2, -0.15) is 0 Å². The fourth-order valence-corrected chi connectivity index (χ4v) is 2.50. The summed E-state index contributed by atoms with van der Waals surface area (Å²) in [6, 6.07) is 5.81. The Hall–Kier alpha value is -0.840. The number of nitrogens with one attached hydrogen (secondary N) is 1. The van der Waals surface area contributed by atoms with E-state index in [1.807, 2.05) is 25.1 Å². The second-order valence-corrected chi connectivity index (χ2v) is 4.78. The number of nitrogens with zero attached hydrogens (tertiary/aromatic N) is 1.